The highest BCUT2D eigenvalue weighted by Crippen LogP contribution is 2.24. The molecule has 0 spiro atoms. The minimum atomic E-state index is -0.966. The molecule has 86 valence electrons. The molecule has 2 rings (SSSR count). The van der Waals surface area contributed by atoms with Crippen LogP contribution in [-0.4, -0.2) is 17.7 Å². The fourth-order valence-corrected chi connectivity index (χ4v) is 1.61. The number of benzene rings is 2. The zero-order valence-corrected chi connectivity index (χ0v) is 9.17. The molecule has 0 unspecified atom stereocenters. The van der Waals surface area contributed by atoms with Crippen molar-refractivity contribution >= 4 is 16.7 Å². The summed E-state index contributed by atoms with van der Waals surface area (Å²) in [5.41, 5.74) is 0. The minimum absolute atomic E-state index is 0.250. The summed E-state index contributed by atoms with van der Waals surface area (Å²) in [7, 11) is 0. The SMILES string of the molecule is O=C(O)/C=C/COc1cccc2ccccc12. The van der Waals surface area contributed by atoms with Gasteiger partial charge < -0.3 is 9.84 Å². The second kappa shape index (κ2) is 5.16. The van der Waals surface area contributed by atoms with Crippen molar-refractivity contribution in [2.45, 2.75) is 0 Å². The van der Waals surface area contributed by atoms with E-state index in [-0.39, 0.29) is 6.61 Å². The highest BCUT2D eigenvalue weighted by atomic mass is 16.5. The van der Waals surface area contributed by atoms with E-state index < -0.39 is 5.97 Å². The van der Waals surface area contributed by atoms with Crippen molar-refractivity contribution in [2.75, 3.05) is 6.61 Å². The smallest absolute Gasteiger partial charge is 0.328 e. The third-order valence-corrected chi connectivity index (χ3v) is 2.35. The maximum atomic E-state index is 10.3. The molecule has 2 aromatic rings. The van der Waals surface area contributed by atoms with Crippen molar-refractivity contribution in [2.24, 2.45) is 0 Å². The highest BCUT2D eigenvalue weighted by Gasteiger charge is 1.99. The molecule has 17 heavy (non-hydrogen) atoms. The molecule has 0 bridgehead atoms. The van der Waals surface area contributed by atoms with Crippen LogP contribution < -0.4 is 4.74 Å². The van der Waals surface area contributed by atoms with Crippen molar-refractivity contribution in [3.8, 4) is 5.75 Å². The normalized spacial score (nSPS) is 10.8. The van der Waals surface area contributed by atoms with Gasteiger partial charge in [-0.3, -0.25) is 0 Å². The standard InChI is InChI=1S/C14H12O3/c15-14(16)9-4-10-17-13-8-3-6-11-5-1-2-7-12(11)13/h1-9H,10H2,(H,15,16)/b9-4+. The van der Waals surface area contributed by atoms with Gasteiger partial charge in [0.25, 0.3) is 0 Å². The molecular weight excluding hydrogens is 216 g/mol. The van der Waals surface area contributed by atoms with Crippen LogP contribution in [0.25, 0.3) is 10.8 Å². The van der Waals surface area contributed by atoms with E-state index in [4.69, 9.17) is 9.84 Å². The Morgan fingerprint density at radius 1 is 1.18 bits per heavy atom. The molecule has 0 atom stereocenters. The van der Waals surface area contributed by atoms with Crippen LogP contribution in [-0.2, 0) is 4.79 Å². The first kappa shape index (κ1) is 11.2. The van der Waals surface area contributed by atoms with E-state index in [1.54, 1.807) is 0 Å². The van der Waals surface area contributed by atoms with E-state index >= 15 is 0 Å². The Morgan fingerprint density at radius 2 is 1.94 bits per heavy atom. The molecule has 3 nitrogen and oxygen atoms in total. The average Bonchev–Trinajstić information content (AvgIpc) is 2.34. The lowest BCUT2D eigenvalue weighted by Crippen LogP contribution is -1.96. The Kier molecular flexibility index (Phi) is 3.40. The maximum Gasteiger partial charge on any atom is 0.328 e. The number of hydrogen-bond acceptors (Lipinski definition) is 2. The van der Waals surface area contributed by atoms with Gasteiger partial charge in [0, 0.05) is 11.5 Å². The van der Waals surface area contributed by atoms with E-state index in [2.05, 4.69) is 0 Å². The number of rotatable bonds is 4. The highest BCUT2D eigenvalue weighted by molar-refractivity contribution is 5.88. The predicted molar refractivity (Wildman–Crippen MR) is 66.2 cm³/mol. The molecule has 1 N–H and O–H groups in total. The number of aliphatic carboxylic acids is 1. The van der Waals surface area contributed by atoms with Crippen LogP contribution in [0.1, 0.15) is 0 Å². The Balaban J connectivity index is 2.16. The van der Waals surface area contributed by atoms with Gasteiger partial charge in [-0.25, -0.2) is 4.79 Å². The van der Waals surface area contributed by atoms with Gasteiger partial charge in [0.1, 0.15) is 12.4 Å². The minimum Gasteiger partial charge on any atom is -0.489 e. The van der Waals surface area contributed by atoms with E-state index in [0.29, 0.717) is 0 Å². The van der Waals surface area contributed by atoms with Crippen molar-refractivity contribution in [3.05, 3.63) is 54.6 Å². The Morgan fingerprint density at radius 3 is 2.76 bits per heavy atom. The van der Waals surface area contributed by atoms with Gasteiger partial charge in [0.15, 0.2) is 0 Å². The lowest BCUT2D eigenvalue weighted by atomic mass is 10.1. The van der Waals surface area contributed by atoms with Crippen molar-refractivity contribution in [1.29, 1.82) is 0 Å². The third kappa shape index (κ3) is 2.84. The molecular formula is C14H12O3. The molecule has 2 aromatic carbocycles. The van der Waals surface area contributed by atoms with Crippen LogP contribution in [0.5, 0.6) is 5.75 Å². The molecule has 0 aliphatic heterocycles. The van der Waals surface area contributed by atoms with E-state index in [0.717, 1.165) is 22.6 Å². The van der Waals surface area contributed by atoms with Crippen LogP contribution in [0.3, 0.4) is 0 Å². The largest absolute Gasteiger partial charge is 0.489 e. The second-order valence-electron chi connectivity index (χ2n) is 3.53. The average molecular weight is 228 g/mol. The zero-order chi connectivity index (χ0) is 12.1. The summed E-state index contributed by atoms with van der Waals surface area (Å²) >= 11 is 0. The molecule has 0 fully saturated rings. The quantitative estimate of drug-likeness (QED) is 0.818. The molecule has 0 radical (unpaired) electrons. The van der Waals surface area contributed by atoms with E-state index in [1.165, 1.54) is 6.08 Å². The molecule has 0 heterocycles. The molecule has 0 amide bonds. The molecule has 0 saturated heterocycles. The molecule has 3 heteroatoms. The number of fused-ring (bicyclic) bond motifs is 1. The van der Waals surface area contributed by atoms with Crippen LogP contribution in [0.2, 0.25) is 0 Å². The second-order valence-corrected chi connectivity index (χ2v) is 3.53. The van der Waals surface area contributed by atoms with Crippen LogP contribution in [0, 0.1) is 0 Å². The predicted octanol–water partition coefficient (Wildman–Crippen LogP) is 2.86. The summed E-state index contributed by atoms with van der Waals surface area (Å²) in [5.74, 6) is -0.204. The summed E-state index contributed by atoms with van der Waals surface area (Å²) < 4.78 is 5.52. The Hall–Kier alpha value is -2.29. The van der Waals surface area contributed by atoms with Crippen molar-refractivity contribution in [3.63, 3.8) is 0 Å². The molecule has 0 aliphatic carbocycles. The van der Waals surface area contributed by atoms with Crippen molar-refractivity contribution < 1.29 is 14.6 Å². The van der Waals surface area contributed by atoms with Crippen molar-refractivity contribution in [1.82, 2.24) is 0 Å². The third-order valence-electron chi connectivity index (χ3n) is 2.35. The van der Waals surface area contributed by atoms with Gasteiger partial charge in [-0.15, -0.1) is 0 Å². The number of carbonyl (C=O) groups is 1. The van der Waals surface area contributed by atoms with Crippen LogP contribution >= 0.6 is 0 Å². The number of carboxylic acid groups (broad SMARTS) is 1. The lowest BCUT2D eigenvalue weighted by Gasteiger charge is -2.06. The summed E-state index contributed by atoms with van der Waals surface area (Å²) in [4.78, 5) is 10.3. The topological polar surface area (TPSA) is 46.5 Å². The summed E-state index contributed by atoms with van der Waals surface area (Å²) in [6, 6.07) is 13.7. The fraction of sp³-hybridized carbons (Fsp3) is 0.0714. The number of carboxylic acids is 1. The van der Waals surface area contributed by atoms with Gasteiger partial charge >= 0.3 is 5.97 Å². The molecule has 0 aliphatic rings. The van der Waals surface area contributed by atoms with Crippen LogP contribution in [0.4, 0.5) is 0 Å². The van der Waals surface area contributed by atoms with Gasteiger partial charge in [-0.2, -0.15) is 0 Å². The molecule has 0 saturated carbocycles. The van der Waals surface area contributed by atoms with Gasteiger partial charge in [-0.1, -0.05) is 36.4 Å². The summed E-state index contributed by atoms with van der Waals surface area (Å²) in [6.45, 7) is 0.250. The Bertz CT molecular complexity index is 553. The summed E-state index contributed by atoms with van der Waals surface area (Å²) in [6.07, 6.45) is 2.55. The van der Waals surface area contributed by atoms with E-state index in [9.17, 15) is 4.79 Å². The molecule has 0 aromatic heterocycles. The monoisotopic (exact) mass is 228 g/mol. The first-order valence-electron chi connectivity index (χ1n) is 5.27. The number of hydrogen-bond donors (Lipinski definition) is 1. The van der Waals surface area contributed by atoms with Crippen LogP contribution in [0.15, 0.2) is 54.6 Å². The zero-order valence-electron chi connectivity index (χ0n) is 9.17. The number of ether oxygens (including phenoxy) is 1. The maximum absolute atomic E-state index is 10.3. The summed E-state index contributed by atoms with van der Waals surface area (Å²) in [5, 5.41) is 10.6. The van der Waals surface area contributed by atoms with Gasteiger partial charge in [0.2, 0.25) is 0 Å². The fourth-order valence-electron chi connectivity index (χ4n) is 1.61. The first-order valence-corrected chi connectivity index (χ1v) is 5.27. The van der Waals surface area contributed by atoms with Gasteiger partial charge in [-0.05, 0) is 17.5 Å². The van der Waals surface area contributed by atoms with Gasteiger partial charge in [0.05, 0.1) is 0 Å². The first-order chi connectivity index (χ1) is 8.27. The lowest BCUT2D eigenvalue weighted by molar-refractivity contribution is -0.131. The Labute approximate surface area is 99.0 Å². The van der Waals surface area contributed by atoms with E-state index in [1.807, 2.05) is 42.5 Å².